The van der Waals surface area contributed by atoms with E-state index in [1.807, 2.05) is 34.6 Å². The molecule has 0 saturated carbocycles. The fraction of sp³-hybridized carbons (Fsp3) is 0.923. The molecule has 1 saturated heterocycles. The molecule has 1 rings (SSSR count). The van der Waals surface area contributed by atoms with Crippen LogP contribution in [0.5, 0.6) is 0 Å². The minimum absolute atomic E-state index is 0.0807. The summed E-state index contributed by atoms with van der Waals surface area (Å²) in [6.07, 6.45) is 0.569. The van der Waals surface area contributed by atoms with Crippen LogP contribution >= 0.6 is 11.6 Å². The number of ether oxygens (including phenoxy) is 3. The number of halogens is 1. The summed E-state index contributed by atoms with van der Waals surface area (Å²) in [6.45, 7) is 9.20. The minimum Gasteiger partial charge on any atom is -0.460 e. The molecule has 0 aromatic rings. The molecule has 4 nitrogen and oxygen atoms in total. The molecular formula is C13H23ClO4. The Kier molecular flexibility index (Phi) is 5.04. The first kappa shape index (κ1) is 15.7. The van der Waals surface area contributed by atoms with Crippen LogP contribution in [0.15, 0.2) is 0 Å². The first-order valence-electron chi connectivity index (χ1n) is 6.25. The molecule has 0 aromatic carbocycles. The molecule has 18 heavy (non-hydrogen) atoms. The zero-order valence-corrected chi connectivity index (χ0v) is 12.5. The van der Waals surface area contributed by atoms with Crippen molar-refractivity contribution in [2.24, 2.45) is 0 Å². The lowest BCUT2D eigenvalue weighted by atomic mass is 10.1. The fourth-order valence-electron chi connectivity index (χ4n) is 2.01. The van der Waals surface area contributed by atoms with Gasteiger partial charge < -0.3 is 14.2 Å². The molecule has 0 bridgehead atoms. The third kappa shape index (κ3) is 5.55. The van der Waals surface area contributed by atoms with Crippen LogP contribution in [0, 0.1) is 0 Å². The van der Waals surface area contributed by atoms with Crippen LogP contribution in [-0.4, -0.2) is 35.4 Å². The van der Waals surface area contributed by atoms with Gasteiger partial charge in [0.15, 0.2) is 5.79 Å². The summed E-state index contributed by atoms with van der Waals surface area (Å²) in [6, 6.07) is 0. The highest BCUT2D eigenvalue weighted by Crippen LogP contribution is 2.29. The van der Waals surface area contributed by atoms with Crippen molar-refractivity contribution >= 4 is 17.6 Å². The fourth-order valence-corrected chi connectivity index (χ4v) is 2.20. The van der Waals surface area contributed by atoms with Crippen LogP contribution in [0.25, 0.3) is 0 Å². The summed E-state index contributed by atoms with van der Waals surface area (Å²) in [5.74, 6) is -0.555. The molecule has 1 unspecified atom stereocenters. The van der Waals surface area contributed by atoms with Gasteiger partial charge in [-0.3, -0.25) is 4.79 Å². The quantitative estimate of drug-likeness (QED) is 0.588. The monoisotopic (exact) mass is 278 g/mol. The van der Waals surface area contributed by atoms with Gasteiger partial charge in [-0.25, -0.2) is 0 Å². The van der Waals surface area contributed by atoms with Crippen molar-refractivity contribution in [1.82, 2.24) is 0 Å². The molecule has 1 aliphatic rings. The molecule has 0 aliphatic carbocycles. The number of hydrogen-bond acceptors (Lipinski definition) is 4. The van der Waals surface area contributed by atoms with E-state index in [9.17, 15) is 4.79 Å². The van der Waals surface area contributed by atoms with E-state index in [-0.39, 0.29) is 24.6 Å². The summed E-state index contributed by atoms with van der Waals surface area (Å²) < 4.78 is 16.6. The van der Waals surface area contributed by atoms with Crippen molar-refractivity contribution in [2.45, 2.75) is 71.1 Å². The Bertz CT molecular complexity index is 296. The van der Waals surface area contributed by atoms with Gasteiger partial charge in [0, 0.05) is 12.3 Å². The van der Waals surface area contributed by atoms with Crippen LogP contribution in [0.1, 0.15) is 47.5 Å². The van der Waals surface area contributed by atoms with Gasteiger partial charge in [0.2, 0.25) is 0 Å². The Morgan fingerprint density at radius 3 is 2.39 bits per heavy atom. The second-order valence-electron chi connectivity index (χ2n) is 6.06. The van der Waals surface area contributed by atoms with Gasteiger partial charge in [-0.2, -0.15) is 0 Å². The lowest BCUT2D eigenvalue weighted by Crippen LogP contribution is -2.46. The largest absolute Gasteiger partial charge is 0.460 e. The number of hydrogen-bond donors (Lipinski definition) is 0. The van der Waals surface area contributed by atoms with Gasteiger partial charge >= 0.3 is 5.97 Å². The Morgan fingerprint density at radius 2 is 1.89 bits per heavy atom. The molecule has 0 spiro atoms. The minimum atomic E-state index is -0.704. The maximum Gasteiger partial charge on any atom is 0.308 e. The molecular weight excluding hydrogens is 256 g/mol. The van der Waals surface area contributed by atoms with E-state index >= 15 is 0 Å². The van der Waals surface area contributed by atoms with Crippen molar-refractivity contribution in [1.29, 1.82) is 0 Å². The zero-order valence-electron chi connectivity index (χ0n) is 11.8. The first-order chi connectivity index (χ1) is 8.11. The number of alkyl halides is 1. The van der Waals surface area contributed by atoms with Crippen LogP contribution in [-0.2, 0) is 19.0 Å². The molecule has 0 amide bonds. The first-order valence-corrected chi connectivity index (χ1v) is 6.78. The van der Waals surface area contributed by atoms with E-state index in [2.05, 4.69) is 0 Å². The summed E-state index contributed by atoms with van der Waals surface area (Å²) >= 11 is 5.82. The highest BCUT2D eigenvalue weighted by molar-refractivity contribution is 6.18. The molecule has 0 N–H and O–H groups in total. The van der Waals surface area contributed by atoms with Crippen LogP contribution in [0.4, 0.5) is 0 Å². The van der Waals surface area contributed by atoms with Gasteiger partial charge in [0.25, 0.3) is 0 Å². The normalized spacial score (nSPS) is 27.9. The van der Waals surface area contributed by atoms with E-state index < -0.39 is 11.4 Å². The Morgan fingerprint density at radius 1 is 1.33 bits per heavy atom. The predicted molar refractivity (Wildman–Crippen MR) is 69.6 cm³/mol. The SMILES string of the molecule is CC(C)(C)OC(=O)C[C@H]1CC(CCl)OC(C)(C)O1. The Balaban J connectivity index is 2.53. The third-order valence-corrected chi connectivity index (χ3v) is 2.76. The highest BCUT2D eigenvalue weighted by atomic mass is 35.5. The van der Waals surface area contributed by atoms with Crippen molar-refractivity contribution in [3.63, 3.8) is 0 Å². The number of esters is 1. The maximum absolute atomic E-state index is 11.8. The average molecular weight is 279 g/mol. The van der Waals surface area contributed by atoms with Gasteiger partial charge in [-0.15, -0.1) is 11.6 Å². The van der Waals surface area contributed by atoms with Gasteiger partial charge in [-0.1, -0.05) is 0 Å². The molecule has 1 heterocycles. The molecule has 0 radical (unpaired) electrons. The number of rotatable bonds is 3. The predicted octanol–water partition coefficient (Wildman–Crippen LogP) is 2.87. The topological polar surface area (TPSA) is 44.8 Å². The summed E-state index contributed by atoms with van der Waals surface area (Å²) in [5.41, 5.74) is -0.469. The Hall–Kier alpha value is -0.320. The van der Waals surface area contributed by atoms with Crippen LogP contribution < -0.4 is 0 Å². The van der Waals surface area contributed by atoms with Crippen LogP contribution in [0.3, 0.4) is 0 Å². The number of carbonyl (C=O) groups is 1. The van der Waals surface area contributed by atoms with Crippen molar-refractivity contribution in [3.05, 3.63) is 0 Å². The zero-order chi connectivity index (χ0) is 14.0. The van der Waals surface area contributed by atoms with E-state index in [1.165, 1.54) is 0 Å². The van der Waals surface area contributed by atoms with Gasteiger partial charge in [0.05, 0.1) is 18.6 Å². The van der Waals surface area contributed by atoms with E-state index in [4.69, 9.17) is 25.8 Å². The van der Waals surface area contributed by atoms with Gasteiger partial charge in [0.1, 0.15) is 5.60 Å². The van der Waals surface area contributed by atoms with Crippen molar-refractivity contribution in [2.75, 3.05) is 5.88 Å². The van der Waals surface area contributed by atoms with Gasteiger partial charge in [-0.05, 0) is 34.6 Å². The van der Waals surface area contributed by atoms with E-state index in [1.54, 1.807) is 0 Å². The molecule has 1 fully saturated rings. The molecule has 1 aliphatic heterocycles. The standard InChI is InChI=1S/C13H23ClO4/c1-12(2,3)18-11(15)7-9-6-10(8-14)17-13(4,5)16-9/h9-10H,6-8H2,1-5H3/t9-,10?/m1/s1. The Labute approximate surface area is 114 Å². The van der Waals surface area contributed by atoms with E-state index in [0.717, 1.165) is 0 Å². The molecule has 5 heteroatoms. The number of carbonyl (C=O) groups excluding carboxylic acids is 1. The second kappa shape index (κ2) is 5.76. The lowest BCUT2D eigenvalue weighted by Gasteiger charge is -2.40. The second-order valence-corrected chi connectivity index (χ2v) is 6.37. The van der Waals surface area contributed by atoms with Crippen LogP contribution in [0.2, 0.25) is 0 Å². The van der Waals surface area contributed by atoms with Crippen molar-refractivity contribution in [3.8, 4) is 0 Å². The van der Waals surface area contributed by atoms with E-state index in [0.29, 0.717) is 12.3 Å². The molecule has 2 atom stereocenters. The highest BCUT2D eigenvalue weighted by Gasteiger charge is 2.36. The summed E-state index contributed by atoms with van der Waals surface area (Å²) in [5, 5.41) is 0. The maximum atomic E-state index is 11.8. The summed E-state index contributed by atoms with van der Waals surface area (Å²) in [7, 11) is 0. The third-order valence-electron chi connectivity index (χ3n) is 2.41. The lowest BCUT2D eigenvalue weighted by molar-refractivity contribution is -0.295. The summed E-state index contributed by atoms with van der Waals surface area (Å²) in [4.78, 5) is 11.8. The molecule has 106 valence electrons. The smallest absolute Gasteiger partial charge is 0.308 e. The molecule has 0 aromatic heterocycles. The van der Waals surface area contributed by atoms with Crippen molar-refractivity contribution < 1.29 is 19.0 Å². The average Bonchev–Trinajstić information content (AvgIpc) is 2.11.